The maximum atomic E-state index is 12.0. The van der Waals surface area contributed by atoms with E-state index in [1.807, 2.05) is 0 Å². The monoisotopic (exact) mass is 248 g/mol. The lowest BCUT2D eigenvalue weighted by atomic mass is 10.7. The third kappa shape index (κ3) is 3.31. The Morgan fingerprint density at radius 1 is 1.14 bits per heavy atom. The van der Waals surface area contributed by atoms with E-state index in [9.17, 15) is 34.8 Å². The molecule has 0 aliphatic heterocycles. The van der Waals surface area contributed by atoms with E-state index in [1.54, 1.807) is 0 Å². The van der Waals surface area contributed by atoms with Gasteiger partial charge in [-0.15, -0.1) is 13.2 Å². The third-order valence-corrected chi connectivity index (χ3v) is 1.72. The van der Waals surface area contributed by atoms with Gasteiger partial charge < -0.3 is 0 Å². The average molecular weight is 248 g/mol. The minimum Gasteiger partial charge on any atom is -0.281 e. The fraction of sp³-hybridized carbons (Fsp3) is 1.00. The Labute approximate surface area is 73.2 Å². The average Bonchev–Trinajstić information content (AvgIpc) is 1.80. The van der Waals surface area contributed by atoms with Gasteiger partial charge in [0.1, 0.15) is 0 Å². The molecular weight excluding hydrogens is 246 g/mol. The maximum Gasteiger partial charge on any atom is 0.525 e. The van der Waals surface area contributed by atoms with Gasteiger partial charge in [0, 0.05) is 0 Å². The summed E-state index contributed by atoms with van der Waals surface area (Å²) < 4.78 is 98.5. The summed E-state index contributed by atoms with van der Waals surface area (Å²) in [5, 5.41) is -5.68. The van der Waals surface area contributed by atoms with Gasteiger partial charge in [0.2, 0.25) is 0 Å². The van der Waals surface area contributed by atoms with Crippen molar-refractivity contribution in [3.63, 3.8) is 0 Å². The van der Waals surface area contributed by atoms with E-state index < -0.39 is 28.1 Å². The van der Waals surface area contributed by atoms with Gasteiger partial charge in [-0.05, 0) is 0 Å². The molecule has 0 aliphatic carbocycles. The Kier molecular flexibility index (Phi) is 3.41. The van der Waals surface area contributed by atoms with Crippen LogP contribution in [0, 0.1) is 0 Å². The molecule has 0 amide bonds. The van der Waals surface area contributed by atoms with Gasteiger partial charge >= 0.3 is 21.7 Å². The smallest absolute Gasteiger partial charge is 0.281 e. The van der Waals surface area contributed by atoms with Crippen LogP contribution in [-0.2, 0) is 14.9 Å². The molecule has 0 bridgehead atoms. The molecule has 14 heavy (non-hydrogen) atoms. The molecule has 0 spiro atoms. The Bertz CT molecular complexity index is 293. The molecule has 1 atom stereocenters. The number of rotatable bonds is 3. The second kappa shape index (κ2) is 3.55. The molecule has 11 heteroatoms. The minimum atomic E-state index is -6.31. The molecule has 0 saturated heterocycles. The van der Waals surface area contributed by atoms with Crippen molar-refractivity contribution in [3.05, 3.63) is 0 Å². The maximum absolute atomic E-state index is 12.0. The largest absolute Gasteiger partial charge is 0.525 e. The Hall–Kier alpha value is -0.550. The first-order valence-corrected chi connectivity index (χ1v) is 4.05. The van der Waals surface area contributed by atoms with Crippen molar-refractivity contribution in [2.45, 2.75) is 18.0 Å². The standard InChI is InChI=1S/C3H2F6O4S/c4-1(13-3(7,8)9)2(5,6)14(10,11)12/h1H,(H,10,11,12). The summed E-state index contributed by atoms with van der Waals surface area (Å²) in [6.45, 7) is 0. The van der Waals surface area contributed by atoms with Gasteiger partial charge in [-0.25, -0.2) is 9.13 Å². The van der Waals surface area contributed by atoms with Crippen LogP contribution in [0.2, 0.25) is 0 Å². The summed E-state index contributed by atoms with van der Waals surface area (Å²) >= 11 is 0. The van der Waals surface area contributed by atoms with Crippen LogP contribution in [0.1, 0.15) is 0 Å². The van der Waals surface area contributed by atoms with Crippen LogP contribution in [0.5, 0.6) is 0 Å². The summed E-state index contributed by atoms with van der Waals surface area (Å²) in [6, 6.07) is 0. The molecule has 0 aromatic carbocycles. The summed E-state index contributed by atoms with van der Waals surface area (Å²) in [5.41, 5.74) is 0. The quantitative estimate of drug-likeness (QED) is 0.604. The third-order valence-electron chi connectivity index (χ3n) is 0.845. The predicted octanol–water partition coefficient (Wildman–Crippen LogP) is 1.30. The van der Waals surface area contributed by atoms with Crippen molar-refractivity contribution in [3.8, 4) is 0 Å². The van der Waals surface area contributed by atoms with Crippen LogP contribution in [0.25, 0.3) is 0 Å². The van der Waals surface area contributed by atoms with Gasteiger partial charge in [0.25, 0.3) is 6.36 Å². The molecule has 0 rings (SSSR count). The molecule has 4 nitrogen and oxygen atoms in total. The molecule has 0 saturated carbocycles. The molecular formula is C3H2F6O4S. The van der Waals surface area contributed by atoms with Gasteiger partial charge in [0.15, 0.2) is 0 Å². The van der Waals surface area contributed by atoms with Crippen molar-refractivity contribution in [1.29, 1.82) is 0 Å². The van der Waals surface area contributed by atoms with Crippen LogP contribution >= 0.6 is 0 Å². The van der Waals surface area contributed by atoms with E-state index >= 15 is 0 Å². The van der Waals surface area contributed by atoms with Crippen LogP contribution in [0.15, 0.2) is 0 Å². The number of ether oxygens (including phenoxy) is 1. The molecule has 0 radical (unpaired) electrons. The molecule has 0 aliphatic rings. The lowest BCUT2D eigenvalue weighted by molar-refractivity contribution is -0.378. The molecule has 0 heterocycles. The normalized spacial score (nSPS) is 16.8. The summed E-state index contributed by atoms with van der Waals surface area (Å²) in [7, 11) is -6.31. The summed E-state index contributed by atoms with van der Waals surface area (Å²) in [5.74, 6) is 0. The highest BCUT2D eigenvalue weighted by Gasteiger charge is 2.57. The first-order chi connectivity index (χ1) is 5.88. The first kappa shape index (κ1) is 13.4. The fourth-order valence-electron chi connectivity index (χ4n) is 0.303. The molecule has 0 fully saturated rings. The zero-order valence-corrected chi connectivity index (χ0v) is 6.74. The van der Waals surface area contributed by atoms with Crippen molar-refractivity contribution in [2.75, 3.05) is 0 Å². The van der Waals surface area contributed by atoms with E-state index in [2.05, 4.69) is 4.74 Å². The number of alkyl halides is 6. The van der Waals surface area contributed by atoms with E-state index in [0.717, 1.165) is 0 Å². The van der Waals surface area contributed by atoms with Gasteiger partial charge in [-0.3, -0.25) is 4.55 Å². The second-order valence-corrected chi connectivity index (χ2v) is 3.41. The van der Waals surface area contributed by atoms with E-state index in [0.29, 0.717) is 0 Å². The van der Waals surface area contributed by atoms with E-state index in [4.69, 9.17) is 4.55 Å². The van der Waals surface area contributed by atoms with Crippen LogP contribution in [0.3, 0.4) is 0 Å². The summed E-state index contributed by atoms with van der Waals surface area (Å²) in [4.78, 5) is 0. The second-order valence-electron chi connectivity index (χ2n) is 1.92. The zero-order valence-electron chi connectivity index (χ0n) is 5.93. The Balaban J connectivity index is 4.79. The number of hydrogen-bond donors (Lipinski definition) is 1. The lowest BCUT2D eigenvalue weighted by Crippen LogP contribution is -2.42. The minimum absolute atomic E-state index is 2.07. The number of hydrogen-bond acceptors (Lipinski definition) is 3. The topological polar surface area (TPSA) is 63.6 Å². The highest BCUT2D eigenvalue weighted by atomic mass is 32.2. The van der Waals surface area contributed by atoms with E-state index in [1.165, 1.54) is 0 Å². The molecule has 0 aromatic rings. The van der Waals surface area contributed by atoms with Crippen LogP contribution < -0.4 is 0 Å². The van der Waals surface area contributed by atoms with Gasteiger partial charge in [-0.2, -0.15) is 17.2 Å². The Morgan fingerprint density at radius 3 is 1.71 bits per heavy atom. The van der Waals surface area contributed by atoms with Crippen molar-refractivity contribution >= 4 is 10.1 Å². The Morgan fingerprint density at radius 2 is 1.50 bits per heavy atom. The highest BCUT2D eigenvalue weighted by Crippen LogP contribution is 2.32. The zero-order chi connectivity index (χ0) is 11.8. The molecule has 86 valence electrons. The van der Waals surface area contributed by atoms with Crippen LogP contribution in [0.4, 0.5) is 26.3 Å². The van der Waals surface area contributed by atoms with E-state index in [-0.39, 0.29) is 0 Å². The lowest BCUT2D eigenvalue weighted by Gasteiger charge is -2.18. The molecule has 1 unspecified atom stereocenters. The van der Waals surface area contributed by atoms with Gasteiger partial charge in [-0.1, -0.05) is 0 Å². The van der Waals surface area contributed by atoms with Crippen molar-refractivity contribution in [2.24, 2.45) is 0 Å². The number of halogens is 6. The fourth-order valence-corrected chi connectivity index (χ4v) is 0.585. The predicted molar refractivity (Wildman–Crippen MR) is 28.5 cm³/mol. The van der Waals surface area contributed by atoms with Gasteiger partial charge in [0.05, 0.1) is 0 Å². The first-order valence-electron chi connectivity index (χ1n) is 2.61. The van der Waals surface area contributed by atoms with Crippen molar-refractivity contribution < 1.29 is 44.0 Å². The highest BCUT2D eigenvalue weighted by molar-refractivity contribution is 7.86. The van der Waals surface area contributed by atoms with Crippen molar-refractivity contribution in [1.82, 2.24) is 0 Å². The molecule has 0 aromatic heterocycles. The molecule has 1 N–H and O–H groups in total. The summed E-state index contributed by atoms with van der Waals surface area (Å²) in [6.07, 6.45) is -10.3. The SMILES string of the molecule is O=S(=O)(O)C(F)(F)C(F)OC(F)(F)F. The van der Waals surface area contributed by atoms with Crippen LogP contribution in [-0.4, -0.2) is 30.9 Å².